The monoisotopic (exact) mass is 356 g/mol. The molecule has 0 unspecified atom stereocenters. The first kappa shape index (κ1) is 15.5. The molecule has 0 spiro atoms. The molecule has 0 aliphatic rings. The van der Waals surface area contributed by atoms with E-state index in [4.69, 9.17) is 0 Å². The second kappa shape index (κ2) is 5.25. The Balaban J connectivity index is 1.78. The lowest BCUT2D eigenvalue weighted by atomic mass is 10.2. The Hall–Kier alpha value is -3.00. The number of imidazole rings is 1. The number of aryl methyl sites for hydroxylation is 2. The van der Waals surface area contributed by atoms with Gasteiger partial charge in [-0.15, -0.1) is 0 Å². The number of aromatic nitrogens is 3. The van der Waals surface area contributed by atoms with E-state index in [1.165, 1.54) is 21.3 Å². The summed E-state index contributed by atoms with van der Waals surface area (Å²) in [5, 5.41) is 0.918. The van der Waals surface area contributed by atoms with Crippen molar-refractivity contribution in [3.05, 3.63) is 59.1 Å². The van der Waals surface area contributed by atoms with Crippen molar-refractivity contribution >= 4 is 37.6 Å². The topological polar surface area (TPSA) is 88.9 Å². The van der Waals surface area contributed by atoms with E-state index < -0.39 is 10.0 Å². The Morgan fingerprint density at radius 3 is 2.52 bits per heavy atom. The predicted molar refractivity (Wildman–Crippen MR) is 97.3 cm³/mol. The molecule has 0 radical (unpaired) electrons. The van der Waals surface area contributed by atoms with Crippen LogP contribution in [0, 0.1) is 0 Å². The van der Waals surface area contributed by atoms with E-state index >= 15 is 0 Å². The molecular weight excluding hydrogens is 340 g/mol. The van der Waals surface area contributed by atoms with Crippen molar-refractivity contribution in [1.29, 1.82) is 0 Å². The Morgan fingerprint density at radius 1 is 0.960 bits per heavy atom. The fourth-order valence-corrected chi connectivity index (χ4v) is 4.05. The van der Waals surface area contributed by atoms with Gasteiger partial charge in [-0.25, -0.2) is 13.2 Å². The zero-order valence-electron chi connectivity index (χ0n) is 13.6. The molecule has 0 aliphatic heterocycles. The number of hydrogen-bond acceptors (Lipinski definition) is 3. The Morgan fingerprint density at radius 2 is 1.72 bits per heavy atom. The highest BCUT2D eigenvalue weighted by atomic mass is 32.2. The van der Waals surface area contributed by atoms with E-state index in [1.807, 2.05) is 12.1 Å². The van der Waals surface area contributed by atoms with Gasteiger partial charge in [-0.05, 0) is 42.5 Å². The van der Waals surface area contributed by atoms with E-state index in [-0.39, 0.29) is 10.6 Å². The third kappa shape index (κ3) is 2.42. The lowest BCUT2D eigenvalue weighted by molar-refractivity contribution is 0.601. The Kier molecular flexibility index (Phi) is 3.26. The van der Waals surface area contributed by atoms with E-state index in [9.17, 15) is 13.2 Å². The van der Waals surface area contributed by atoms with Crippen LogP contribution < -0.4 is 10.4 Å². The molecule has 2 heterocycles. The molecule has 0 saturated carbocycles. The second-order valence-electron chi connectivity index (χ2n) is 5.94. The molecule has 2 aromatic carbocycles. The molecule has 25 heavy (non-hydrogen) atoms. The summed E-state index contributed by atoms with van der Waals surface area (Å²) in [4.78, 5) is 15.2. The van der Waals surface area contributed by atoms with E-state index in [0.717, 1.165) is 10.9 Å². The summed E-state index contributed by atoms with van der Waals surface area (Å²) < 4.78 is 30.9. The average molecular weight is 356 g/mol. The number of nitrogens with zero attached hydrogens (tertiary/aromatic N) is 2. The van der Waals surface area contributed by atoms with Crippen molar-refractivity contribution in [3.8, 4) is 0 Å². The minimum absolute atomic E-state index is 0.107. The van der Waals surface area contributed by atoms with E-state index in [1.54, 1.807) is 38.5 Å². The van der Waals surface area contributed by atoms with Crippen LogP contribution >= 0.6 is 0 Å². The minimum atomic E-state index is -3.76. The van der Waals surface area contributed by atoms with Crippen LogP contribution in [0.4, 0.5) is 5.69 Å². The molecule has 0 bridgehead atoms. The molecular formula is C17H16N4O3S. The van der Waals surface area contributed by atoms with Crippen molar-refractivity contribution in [3.63, 3.8) is 0 Å². The standard InChI is InChI=1S/C17H16N4O3S/c1-20-15-6-4-13(10-16(15)21(2)17(20)22)25(23,24)19-12-3-5-14-11(9-12)7-8-18-14/h3-10,18-19H,1-2H3. The summed E-state index contributed by atoms with van der Waals surface area (Å²) in [6.07, 6.45) is 1.80. The van der Waals surface area contributed by atoms with Crippen LogP contribution in [-0.2, 0) is 24.1 Å². The van der Waals surface area contributed by atoms with E-state index in [0.29, 0.717) is 16.7 Å². The SMILES string of the molecule is Cn1c(=O)n(C)c2cc(S(=O)(=O)Nc3ccc4[nH]ccc4c3)ccc21. The van der Waals surface area contributed by atoms with E-state index in [2.05, 4.69) is 9.71 Å². The maximum absolute atomic E-state index is 12.7. The molecule has 2 aromatic heterocycles. The first-order valence-corrected chi connectivity index (χ1v) is 9.10. The Bertz CT molecular complexity index is 1280. The minimum Gasteiger partial charge on any atom is -0.361 e. The molecule has 0 amide bonds. The average Bonchev–Trinajstić information content (AvgIpc) is 3.13. The van der Waals surface area contributed by atoms with Crippen LogP contribution in [0.15, 0.2) is 58.4 Å². The molecule has 0 aliphatic carbocycles. The third-order valence-corrected chi connectivity index (χ3v) is 5.74. The molecule has 0 atom stereocenters. The number of aromatic amines is 1. The second-order valence-corrected chi connectivity index (χ2v) is 7.62. The van der Waals surface area contributed by atoms with Crippen molar-refractivity contribution in [2.24, 2.45) is 14.1 Å². The first-order valence-electron chi connectivity index (χ1n) is 7.62. The zero-order valence-corrected chi connectivity index (χ0v) is 14.5. The maximum Gasteiger partial charge on any atom is 0.328 e. The predicted octanol–water partition coefficient (Wildman–Crippen LogP) is 2.16. The number of fused-ring (bicyclic) bond motifs is 2. The Labute approximate surface area is 143 Å². The fraction of sp³-hybridized carbons (Fsp3) is 0.118. The van der Waals surface area contributed by atoms with Gasteiger partial charge in [0.15, 0.2) is 0 Å². The van der Waals surface area contributed by atoms with Gasteiger partial charge in [-0.3, -0.25) is 13.9 Å². The third-order valence-electron chi connectivity index (χ3n) is 4.36. The lowest BCUT2D eigenvalue weighted by Gasteiger charge is -2.09. The quantitative estimate of drug-likeness (QED) is 0.589. The van der Waals surface area contributed by atoms with Crippen LogP contribution in [0.2, 0.25) is 0 Å². The van der Waals surface area contributed by atoms with Gasteiger partial charge in [0.2, 0.25) is 0 Å². The van der Waals surface area contributed by atoms with Crippen LogP contribution in [-0.4, -0.2) is 22.5 Å². The van der Waals surface area contributed by atoms with Crippen molar-refractivity contribution in [2.75, 3.05) is 4.72 Å². The highest BCUT2D eigenvalue weighted by Gasteiger charge is 2.17. The summed E-state index contributed by atoms with van der Waals surface area (Å²) in [5.74, 6) is 0. The van der Waals surface area contributed by atoms with Gasteiger partial charge in [0.1, 0.15) is 0 Å². The van der Waals surface area contributed by atoms with Gasteiger partial charge >= 0.3 is 5.69 Å². The van der Waals surface area contributed by atoms with Crippen LogP contribution in [0.25, 0.3) is 21.9 Å². The molecule has 4 aromatic rings. The molecule has 8 heteroatoms. The van der Waals surface area contributed by atoms with Crippen molar-refractivity contribution in [1.82, 2.24) is 14.1 Å². The molecule has 7 nitrogen and oxygen atoms in total. The van der Waals surface area contributed by atoms with Gasteiger partial charge in [0.05, 0.1) is 15.9 Å². The van der Waals surface area contributed by atoms with Crippen LogP contribution in [0.5, 0.6) is 0 Å². The summed E-state index contributed by atoms with van der Waals surface area (Å²) in [7, 11) is -0.486. The van der Waals surface area contributed by atoms with Gasteiger partial charge in [-0.2, -0.15) is 0 Å². The number of hydrogen-bond donors (Lipinski definition) is 2. The number of nitrogens with one attached hydrogen (secondary N) is 2. The highest BCUT2D eigenvalue weighted by molar-refractivity contribution is 7.92. The highest BCUT2D eigenvalue weighted by Crippen LogP contribution is 2.23. The van der Waals surface area contributed by atoms with Gasteiger partial charge in [0.25, 0.3) is 10.0 Å². The largest absolute Gasteiger partial charge is 0.361 e. The fourth-order valence-electron chi connectivity index (χ4n) is 2.98. The lowest BCUT2D eigenvalue weighted by Crippen LogP contribution is -2.19. The van der Waals surface area contributed by atoms with Crippen molar-refractivity contribution < 1.29 is 8.42 Å². The number of benzene rings is 2. The normalized spacial score (nSPS) is 12.1. The maximum atomic E-state index is 12.7. The molecule has 0 saturated heterocycles. The summed E-state index contributed by atoms with van der Waals surface area (Å²) >= 11 is 0. The van der Waals surface area contributed by atoms with Crippen LogP contribution in [0.1, 0.15) is 0 Å². The number of sulfonamides is 1. The van der Waals surface area contributed by atoms with Gasteiger partial charge in [0, 0.05) is 36.9 Å². The zero-order chi connectivity index (χ0) is 17.8. The van der Waals surface area contributed by atoms with Crippen LogP contribution in [0.3, 0.4) is 0 Å². The summed E-state index contributed by atoms with van der Waals surface area (Å²) in [5.41, 5.74) is 2.46. The number of anilines is 1. The molecule has 4 rings (SSSR count). The first-order chi connectivity index (χ1) is 11.9. The number of H-pyrrole nitrogens is 1. The smallest absolute Gasteiger partial charge is 0.328 e. The summed E-state index contributed by atoms with van der Waals surface area (Å²) in [6, 6.07) is 11.8. The molecule has 2 N–H and O–H groups in total. The van der Waals surface area contributed by atoms with Gasteiger partial charge in [-0.1, -0.05) is 0 Å². The number of rotatable bonds is 3. The van der Waals surface area contributed by atoms with Gasteiger partial charge < -0.3 is 4.98 Å². The van der Waals surface area contributed by atoms with Crippen molar-refractivity contribution in [2.45, 2.75) is 4.90 Å². The summed E-state index contributed by atoms with van der Waals surface area (Å²) in [6.45, 7) is 0. The molecule has 0 fully saturated rings. The molecule has 128 valence electrons.